The number of hydrogen-bond acceptors (Lipinski definition) is 5. The first-order valence-corrected chi connectivity index (χ1v) is 8.80. The summed E-state index contributed by atoms with van der Waals surface area (Å²) in [5, 5.41) is 15.7. The molecule has 4 rings (SSSR count). The molecule has 0 bridgehead atoms. The molecule has 0 atom stereocenters. The number of amides is 3. The number of hydrogen-bond donors (Lipinski definition) is 3. The first-order chi connectivity index (χ1) is 14.1. The normalized spacial score (nSPS) is 10.5. The molecule has 9 heteroatoms. The van der Waals surface area contributed by atoms with Crippen molar-refractivity contribution in [3.05, 3.63) is 78.1 Å². The number of aryl methyl sites for hydroxylation is 1. The van der Waals surface area contributed by atoms with E-state index in [4.69, 9.17) is 0 Å². The number of nitrogens with zero attached hydrogens (tertiary/aromatic N) is 4. The molecule has 0 saturated carbocycles. The van der Waals surface area contributed by atoms with E-state index in [2.05, 4.69) is 31.7 Å². The van der Waals surface area contributed by atoms with Crippen molar-refractivity contribution >= 4 is 28.4 Å². The monoisotopic (exact) mass is 387 g/mol. The Morgan fingerprint density at radius 2 is 1.76 bits per heavy atom. The van der Waals surface area contributed by atoms with Gasteiger partial charge < -0.3 is 5.32 Å². The van der Waals surface area contributed by atoms with Gasteiger partial charge in [-0.15, -0.1) is 5.10 Å². The minimum Gasteiger partial charge on any atom is -0.307 e. The van der Waals surface area contributed by atoms with Gasteiger partial charge >= 0.3 is 6.03 Å². The van der Waals surface area contributed by atoms with Crippen molar-refractivity contribution in [2.24, 2.45) is 0 Å². The molecule has 0 aliphatic rings. The van der Waals surface area contributed by atoms with Crippen molar-refractivity contribution in [1.82, 2.24) is 31.1 Å². The van der Waals surface area contributed by atoms with Gasteiger partial charge in [0.05, 0.1) is 5.69 Å². The highest BCUT2D eigenvalue weighted by Gasteiger charge is 2.10. The van der Waals surface area contributed by atoms with E-state index < -0.39 is 11.9 Å². The Morgan fingerprint density at radius 1 is 0.931 bits per heavy atom. The molecule has 1 heterocycles. The smallest absolute Gasteiger partial charge is 0.307 e. The first-order valence-electron chi connectivity index (χ1n) is 8.80. The molecule has 144 valence electrons. The van der Waals surface area contributed by atoms with Crippen molar-refractivity contribution in [3.8, 4) is 5.69 Å². The molecule has 3 aromatic carbocycles. The van der Waals surface area contributed by atoms with Crippen LogP contribution in [-0.2, 0) is 0 Å². The number of benzene rings is 3. The van der Waals surface area contributed by atoms with E-state index in [1.54, 1.807) is 24.3 Å². The number of rotatable bonds is 3. The number of fused-ring (bicyclic) bond motifs is 1. The van der Waals surface area contributed by atoms with Gasteiger partial charge in [-0.25, -0.2) is 14.9 Å². The van der Waals surface area contributed by atoms with Crippen LogP contribution >= 0.6 is 0 Å². The summed E-state index contributed by atoms with van der Waals surface area (Å²) in [5.74, 6) is -0.413. The fraction of sp³-hybridized carbons (Fsp3) is 0.0500. The number of hydrazine groups is 1. The molecule has 0 saturated heterocycles. The molecule has 0 aliphatic heterocycles. The zero-order valence-corrected chi connectivity index (χ0v) is 15.5. The van der Waals surface area contributed by atoms with E-state index in [9.17, 15) is 9.59 Å². The first kappa shape index (κ1) is 18.1. The van der Waals surface area contributed by atoms with E-state index in [1.165, 1.54) is 11.0 Å². The number of carbonyl (C=O) groups is 2. The maximum atomic E-state index is 12.3. The second-order valence-corrected chi connectivity index (χ2v) is 6.35. The summed E-state index contributed by atoms with van der Waals surface area (Å²) in [5.41, 5.74) is 7.39. The lowest BCUT2D eigenvalue weighted by Gasteiger charge is -2.11. The third kappa shape index (κ3) is 4.03. The molecular weight excluding hydrogens is 370 g/mol. The SMILES string of the molecule is Cc1ccc(NC(=O)NNC(=O)c2ccc3ccccc3c2)cc1-n1cnnn1. The molecule has 0 unspecified atom stereocenters. The van der Waals surface area contributed by atoms with Crippen LogP contribution in [0.1, 0.15) is 15.9 Å². The van der Waals surface area contributed by atoms with E-state index in [0.717, 1.165) is 22.0 Å². The lowest BCUT2D eigenvalue weighted by molar-refractivity contribution is 0.0938. The van der Waals surface area contributed by atoms with Gasteiger partial charge in [-0.1, -0.05) is 36.4 Å². The lowest BCUT2D eigenvalue weighted by Crippen LogP contribution is -2.43. The Hall–Kier alpha value is -4.27. The van der Waals surface area contributed by atoms with Gasteiger partial charge in [0.2, 0.25) is 0 Å². The van der Waals surface area contributed by atoms with E-state index in [0.29, 0.717) is 11.3 Å². The van der Waals surface area contributed by atoms with Gasteiger partial charge in [-0.05, 0) is 58.0 Å². The molecular formula is C20H17N7O2. The number of nitrogens with one attached hydrogen (secondary N) is 3. The van der Waals surface area contributed by atoms with Crippen LogP contribution in [0.4, 0.5) is 10.5 Å². The predicted octanol–water partition coefficient (Wildman–Crippen LogP) is 2.59. The molecule has 29 heavy (non-hydrogen) atoms. The third-order valence-electron chi connectivity index (χ3n) is 4.36. The fourth-order valence-corrected chi connectivity index (χ4v) is 2.88. The Kier molecular flexibility index (Phi) is 4.85. The number of aromatic nitrogens is 4. The minimum absolute atomic E-state index is 0.413. The second-order valence-electron chi connectivity index (χ2n) is 6.35. The maximum Gasteiger partial charge on any atom is 0.337 e. The fourth-order valence-electron chi connectivity index (χ4n) is 2.88. The van der Waals surface area contributed by atoms with E-state index in [1.807, 2.05) is 43.3 Å². The number of carbonyl (C=O) groups excluding carboxylic acids is 2. The lowest BCUT2D eigenvalue weighted by atomic mass is 10.1. The average Bonchev–Trinajstić information content (AvgIpc) is 3.27. The van der Waals surface area contributed by atoms with Crippen LogP contribution in [0.3, 0.4) is 0 Å². The Bertz CT molecular complexity index is 1190. The highest BCUT2D eigenvalue weighted by atomic mass is 16.2. The number of anilines is 1. The quantitative estimate of drug-likeness (QED) is 0.468. The van der Waals surface area contributed by atoms with Crippen LogP contribution in [-0.4, -0.2) is 32.1 Å². The predicted molar refractivity (Wildman–Crippen MR) is 107 cm³/mol. The summed E-state index contributed by atoms with van der Waals surface area (Å²) in [4.78, 5) is 24.5. The van der Waals surface area contributed by atoms with Crippen LogP contribution in [0, 0.1) is 6.92 Å². The van der Waals surface area contributed by atoms with Crippen LogP contribution < -0.4 is 16.2 Å². The van der Waals surface area contributed by atoms with Crippen LogP contribution in [0.5, 0.6) is 0 Å². The topological polar surface area (TPSA) is 114 Å². The Balaban J connectivity index is 1.39. The average molecular weight is 387 g/mol. The number of tetrazole rings is 1. The largest absolute Gasteiger partial charge is 0.337 e. The summed E-state index contributed by atoms with van der Waals surface area (Å²) in [7, 11) is 0. The molecule has 0 aliphatic carbocycles. The molecule has 9 nitrogen and oxygen atoms in total. The van der Waals surface area contributed by atoms with Crippen molar-refractivity contribution < 1.29 is 9.59 Å². The van der Waals surface area contributed by atoms with Gasteiger partial charge in [-0.2, -0.15) is 0 Å². The number of urea groups is 1. The van der Waals surface area contributed by atoms with Crippen LogP contribution in [0.25, 0.3) is 16.5 Å². The van der Waals surface area contributed by atoms with Gasteiger partial charge in [0.25, 0.3) is 5.91 Å². The van der Waals surface area contributed by atoms with Crippen molar-refractivity contribution in [3.63, 3.8) is 0 Å². The van der Waals surface area contributed by atoms with Gasteiger partial charge in [-0.3, -0.25) is 10.2 Å². The third-order valence-corrected chi connectivity index (χ3v) is 4.36. The van der Waals surface area contributed by atoms with E-state index in [-0.39, 0.29) is 0 Å². The molecule has 4 aromatic rings. The van der Waals surface area contributed by atoms with Gasteiger partial charge in [0.1, 0.15) is 6.33 Å². The standard InChI is InChI=1S/C20H17N7O2/c1-13-6-9-17(11-18(13)27-12-21-25-26-27)22-20(29)24-23-19(28)16-8-7-14-4-2-3-5-15(14)10-16/h2-12H,1H3,(H,23,28)(H2,22,24,29). The highest BCUT2D eigenvalue weighted by molar-refractivity contribution is 6.00. The second kappa shape index (κ2) is 7.77. The summed E-state index contributed by atoms with van der Waals surface area (Å²) in [6, 6.07) is 17.8. The van der Waals surface area contributed by atoms with Crippen LogP contribution in [0.15, 0.2) is 67.0 Å². The molecule has 0 spiro atoms. The Labute approximate surface area is 165 Å². The minimum atomic E-state index is -0.578. The summed E-state index contributed by atoms with van der Waals surface area (Å²) >= 11 is 0. The molecule has 3 N–H and O–H groups in total. The molecule has 0 radical (unpaired) electrons. The summed E-state index contributed by atoms with van der Waals surface area (Å²) < 4.78 is 1.50. The molecule has 3 amide bonds. The Morgan fingerprint density at radius 3 is 2.55 bits per heavy atom. The highest BCUT2D eigenvalue weighted by Crippen LogP contribution is 2.18. The molecule has 0 fully saturated rings. The van der Waals surface area contributed by atoms with Crippen molar-refractivity contribution in [2.45, 2.75) is 6.92 Å². The zero-order valence-electron chi connectivity index (χ0n) is 15.5. The summed E-state index contributed by atoms with van der Waals surface area (Å²) in [6.45, 7) is 1.91. The van der Waals surface area contributed by atoms with Crippen LogP contribution in [0.2, 0.25) is 0 Å². The van der Waals surface area contributed by atoms with E-state index >= 15 is 0 Å². The van der Waals surface area contributed by atoms with Gasteiger partial charge in [0.15, 0.2) is 0 Å². The molecule has 1 aromatic heterocycles. The van der Waals surface area contributed by atoms with Crippen molar-refractivity contribution in [1.29, 1.82) is 0 Å². The van der Waals surface area contributed by atoms with Gasteiger partial charge in [0, 0.05) is 11.3 Å². The summed E-state index contributed by atoms with van der Waals surface area (Å²) in [6.07, 6.45) is 1.47. The zero-order chi connectivity index (χ0) is 20.2. The van der Waals surface area contributed by atoms with Crippen molar-refractivity contribution in [2.75, 3.05) is 5.32 Å². The maximum absolute atomic E-state index is 12.3.